The fourth-order valence-electron chi connectivity index (χ4n) is 4.91. The van der Waals surface area contributed by atoms with Crippen molar-refractivity contribution in [1.82, 2.24) is 4.90 Å². The molecule has 9 heteroatoms. The maximum Gasteiger partial charge on any atom is 0.335 e. The number of benzene rings is 2. The van der Waals surface area contributed by atoms with Crippen LogP contribution in [0.4, 0.5) is 0 Å². The van der Waals surface area contributed by atoms with E-state index in [2.05, 4.69) is 54.3 Å². The number of carbonyl (C=O) groups is 2. The van der Waals surface area contributed by atoms with Gasteiger partial charge in [-0.3, -0.25) is 0 Å². The van der Waals surface area contributed by atoms with Crippen LogP contribution in [0.3, 0.4) is 0 Å². The molecule has 0 amide bonds. The maximum absolute atomic E-state index is 9.77. The van der Waals surface area contributed by atoms with E-state index in [4.69, 9.17) is 25.2 Å². The van der Waals surface area contributed by atoms with E-state index in [0.717, 1.165) is 18.2 Å². The van der Waals surface area contributed by atoms with Gasteiger partial charge in [-0.1, -0.05) is 42.0 Å². The normalized spacial score (nSPS) is 26.3. The summed E-state index contributed by atoms with van der Waals surface area (Å²) in [4.78, 5) is 23.5. The Morgan fingerprint density at radius 3 is 2.26 bits per heavy atom. The first-order valence-corrected chi connectivity index (χ1v) is 12.7. The van der Waals surface area contributed by atoms with Crippen molar-refractivity contribution in [3.05, 3.63) is 64.7 Å². The molecule has 35 heavy (non-hydrogen) atoms. The number of aryl methyl sites for hydroxylation is 1. The minimum Gasteiger partial charge on any atom is -0.479 e. The van der Waals surface area contributed by atoms with Crippen molar-refractivity contribution in [3.63, 3.8) is 0 Å². The van der Waals surface area contributed by atoms with Crippen LogP contribution in [0.2, 0.25) is 0 Å². The molecule has 188 valence electrons. The second-order valence-corrected chi connectivity index (χ2v) is 10.3. The molecule has 4 heterocycles. The summed E-state index contributed by atoms with van der Waals surface area (Å²) in [5.74, 6) is -1.77. The van der Waals surface area contributed by atoms with Crippen molar-refractivity contribution in [2.45, 2.75) is 54.8 Å². The number of aliphatic hydroxyl groups excluding tert-OH is 2. The lowest BCUT2D eigenvalue weighted by atomic mass is 9.85. The molecule has 0 saturated carbocycles. The fourth-order valence-corrected chi connectivity index (χ4v) is 5.98. The van der Waals surface area contributed by atoms with Crippen LogP contribution < -0.4 is 0 Å². The lowest BCUT2D eigenvalue weighted by Gasteiger charge is -2.45. The van der Waals surface area contributed by atoms with Crippen LogP contribution in [0.15, 0.2) is 47.4 Å². The summed E-state index contributed by atoms with van der Waals surface area (Å²) in [5, 5.41) is 32.5. The van der Waals surface area contributed by atoms with Gasteiger partial charge in [0.05, 0.1) is 6.10 Å². The maximum atomic E-state index is 9.77. The van der Waals surface area contributed by atoms with Crippen LogP contribution in [-0.2, 0) is 20.1 Å². The molecular formula is C26H31NO7S. The minimum absolute atomic E-state index is 0.0756. The molecule has 0 aromatic heterocycles. The number of ether oxygens (including phenoxy) is 1. The Labute approximate surface area is 208 Å². The van der Waals surface area contributed by atoms with Gasteiger partial charge in [0.1, 0.15) is 6.10 Å². The average Bonchev–Trinajstić information content (AvgIpc) is 3.01. The molecule has 2 bridgehead atoms. The van der Waals surface area contributed by atoms with E-state index in [1.807, 2.05) is 11.8 Å². The highest BCUT2D eigenvalue weighted by Gasteiger charge is 2.38. The van der Waals surface area contributed by atoms with Gasteiger partial charge in [-0.15, -0.1) is 11.8 Å². The van der Waals surface area contributed by atoms with Gasteiger partial charge in [0, 0.05) is 17.2 Å². The third-order valence-electron chi connectivity index (χ3n) is 6.88. The van der Waals surface area contributed by atoms with Gasteiger partial charge in [0.2, 0.25) is 0 Å². The first kappa shape index (κ1) is 25.7. The van der Waals surface area contributed by atoms with E-state index in [0.29, 0.717) is 6.10 Å². The van der Waals surface area contributed by atoms with Gasteiger partial charge < -0.3 is 30.1 Å². The van der Waals surface area contributed by atoms with Crippen LogP contribution in [0.25, 0.3) is 0 Å². The first-order chi connectivity index (χ1) is 16.7. The van der Waals surface area contributed by atoms with E-state index in [9.17, 15) is 9.59 Å². The molecule has 2 aromatic rings. The first-order valence-electron chi connectivity index (χ1n) is 11.7. The van der Waals surface area contributed by atoms with Gasteiger partial charge in [-0.25, -0.2) is 9.59 Å². The Morgan fingerprint density at radius 2 is 1.66 bits per heavy atom. The zero-order chi connectivity index (χ0) is 25.1. The van der Waals surface area contributed by atoms with Crippen molar-refractivity contribution in [3.8, 4) is 0 Å². The third kappa shape index (κ3) is 5.87. The summed E-state index contributed by atoms with van der Waals surface area (Å²) in [6, 6.07) is 15.7. The highest BCUT2D eigenvalue weighted by atomic mass is 32.2. The Hall–Kier alpha value is -2.43. The topological polar surface area (TPSA) is 128 Å². The number of hydrogen-bond donors (Lipinski definition) is 4. The minimum atomic E-state index is -2.27. The summed E-state index contributed by atoms with van der Waals surface area (Å²) in [6.07, 6.45) is -1.48. The molecule has 3 saturated heterocycles. The van der Waals surface area contributed by atoms with Crippen molar-refractivity contribution in [2.24, 2.45) is 5.92 Å². The lowest BCUT2D eigenvalue weighted by molar-refractivity contribution is -0.165. The van der Waals surface area contributed by atoms with E-state index >= 15 is 0 Å². The van der Waals surface area contributed by atoms with Gasteiger partial charge in [0.25, 0.3) is 0 Å². The van der Waals surface area contributed by atoms with Crippen LogP contribution in [0, 0.1) is 12.8 Å². The highest BCUT2D eigenvalue weighted by Crippen LogP contribution is 2.43. The molecule has 4 unspecified atom stereocenters. The summed E-state index contributed by atoms with van der Waals surface area (Å²) in [7, 11) is 0. The zero-order valence-corrected chi connectivity index (χ0v) is 20.4. The molecule has 0 radical (unpaired) electrons. The number of hydrogen-bond acceptors (Lipinski definition) is 7. The number of rotatable bonds is 5. The predicted molar refractivity (Wildman–Crippen MR) is 130 cm³/mol. The van der Waals surface area contributed by atoms with Crippen molar-refractivity contribution in [2.75, 3.05) is 19.6 Å². The molecular weight excluding hydrogens is 470 g/mol. The quantitative estimate of drug-likeness (QED) is 0.489. The Kier molecular flexibility index (Phi) is 8.13. The van der Waals surface area contributed by atoms with Crippen molar-refractivity contribution in [1.29, 1.82) is 0 Å². The van der Waals surface area contributed by atoms with Gasteiger partial charge in [-0.05, 0) is 61.5 Å². The van der Waals surface area contributed by atoms with Gasteiger partial charge >= 0.3 is 11.9 Å². The lowest BCUT2D eigenvalue weighted by Crippen LogP contribution is -2.51. The van der Waals surface area contributed by atoms with Crippen molar-refractivity contribution < 1.29 is 34.8 Å². The summed E-state index contributed by atoms with van der Waals surface area (Å²) in [6.45, 7) is 5.82. The molecule has 2 aromatic carbocycles. The fraction of sp³-hybridized carbons (Fsp3) is 0.462. The van der Waals surface area contributed by atoms with E-state index in [1.165, 1.54) is 53.1 Å². The highest BCUT2D eigenvalue weighted by molar-refractivity contribution is 7.98. The van der Waals surface area contributed by atoms with Crippen LogP contribution in [0.1, 0.15) is 41.2 Å². The molecule has 8 nitrogen and oxygen atoms in total. The molecule has 6 rings (SSSR count). The van der Waals surface area contributed by atoms with E-state index in [1.54, 1.807) is 0 Å². The van der Waals surface area contributed by atoms with Gasteiger partial charge in [-0.2, -0.15) is 0 Å². The second kappa shape index (κ2) is 11.1. The molecule has 4 aliphatic rings. The number of fused-ring (bicyclic) bond motifs is 5. The van der Waals surface area contributed by atoms with Crippen LogP contribution in [-0.4, -0.2) is 75.2 Å². The third-order valence-corrected chi connectivity index (χ3v) is 8.02. The predicted octanol–water partition coefficient (Wildman–Crippen LogP) is 2.68. The standard InChI is InChI=1S/C22H25NOS.C4H6O6/c1-15-6-7-21-19(12-15)22(18-5-3-2-4-17(18)14-25-21)24-20-13-23-10-8-16(20)9-11-23;5-1(3(7)8)2(6)4(9)10/h2-7,12,16,20,22H,8-11,13-14H2,1H3;1-2,5-6H,(H,7,8)(H,9,10). The van der Waals surface area contributed by atoms with Gasteiger partial charge in [0.15, 0.2) is 12.2 Å². The number of piperidine rings is 3. The number of aliphatic hydroxyl groups is 2. The van der Waals surface area contributed by atoms with Crippen molar-refractivity contribution >= 4 is 23.7 Å². The molecule has 0 spiro atoms. The van der Waals surface area contributed by atoms with Crippen LogP contribution >= 0.6 is 11.8 Å². The Bertz CT molecular complexity index is 1050. The molecule has 4 atom stereocenters. The average molecular weight is 502 g/mol. The molecule has 3 fully saturated rings. The number of carboxylic acids is 2. The molecule has 4 N–H and O–H groups in total. The molecule has 4 aliphatic heterocycles. The molecule has 0 aliphatic carbocycles. The monoisotopic (exact) mass is 501 g/mol. The Morgan fingerprint density at radius 1 is 1.00 bits per heavy atom. The number of nitrogens with zero attached hydrogens (tertiary/aromatic N) is 1. The summed E-state index contributed by atoms with van der Waals surface area (Å²) in [5.41, 5.74) is 5.48. The number of carboxylic acid groups (broad SMARTS) is 2. The largest absolute Gasteiger partial charge is 0.479 e. The summed E-state index contributed by atoms with van der Waals surface area (Å²) < 4.78 is 6.90. The van der Waals surface area contributed by atoms with E-state index in [-0.39, 0.29) is 6.10 Å². The number of thioether (sulfide) groups is 1. The zero-order valence-electron chi connectivity index (χ0n) is 19.5. The van der Waals surface area contributed by atoms with Crippen LogP contribution in [0.5, 0.6) is 0 Å². The SMILES string of the molecule is Cc1ccc2c(c1)C(OC1CN3CCC1CC3)c1ccccc1CS2.O=C(O)C(O)C(O)C(=O)O. The number of aliphatic carboxylic acids is 2. The van der Waals surface area contributed by atoms with E-state index < -0.39 is 24.1 Å². The summed E-state index contributed by atoms with van der Waals surface area (Å²) >= 11 is 1.95. The second-order valence-electron chi connectivity index (χ2n) is 9.29. The smallest absolute Gasteiger partial charge is 0.335 e. The Balaban J connectivity index is 0.000000248.